The molecule has 0 saturated heterocycles. The van der Waals surface area contributed by atoms with Crippen LogP contribution in [-0.4, -0.2) is 25.0 Å². The smallest absolute Gasteiger partial charge is 0.235 e. The van der Waals surface area contributed by atoms with Gasteiger partial charge >= 0.3 is 0 Å². The van der Waals surface area contributed by atoms with Crippen LogP contribution in [0.15, 0.2) is 28.8 Å². The highest BCUT2D eigenvalue weighted by atomic mass is 35.5. The zero-order valence-corrected chi connectivity index (χ0v) is 14.6. The van der Waals surface area contributed by atoms with Gasteiger partial charge in [-0.3, -0.25) is 0 Å². The third-order valence-electron chi connectivity index (χ3n) is 3.13. The molecule has 0 N–H and O–H groups in total. The molecule has 0 unspecified atom stereocenters. The Bertz CT molecular complexity index is 1030. The van der Waals surface area contributed by atoms with Gasteiger partial charge < -0.3 is 9.26 Å². The highest BCUT2D eigenvalue weighted by molar-refractivity contribution is 7.16. The lowest BCUT2D eigenvalue weighted by atomic mass is 10.3. The zero-order valence-electron chi connectivity index (χ0n) is 12.2. The van der Waals surface area contributed by atoms with E-state index in [0.717, 1.165) is 5.01 Å². The van der Waals surface area contributed by atoms with Crippen LogP contribution >= 0.6 is 34.5 Å². The predicted octanol–water partition coefficient (Wildman–Crippen LogP) is 4.04. The van der Waals surface area contributed by atoms with Crippen LogP contribution in [0.3, 0.4) is 0 Å². The van der Waals surface area contributed by atoms with Crippen LogP contribution in [0.5, 0.6) is 5.75 Å². The Morgan fingerprint density at radius 1 is 1.25 bits per heavy atom. The van der Waals surface area contributed by atoms with Gasteiger partial charge in [0.05, 0.1) is 5.02 Å². The number of ether oxygens (including phenoxy) is 1. The average Bonchev–Trinajstić information content (AvgIpc) is 3.21. The number of aryl methyl sites for hydroxylation is 1. The van der Waals surface area contributed by atoms with Gasteiger partial charge in [0.1, 0.15) is 18.1 Å². The Labute approximate surface area is 149 Å². The lowest BCUT2D eigenvalue weighted by molar-refractivity contribution is 0.304. The summed E-state index contributed by atoms with van der Waals surface area (Å²) in [6, 6.07) is 6.84. The fraction of sp³-hybridized carbons (Fsp3) is 0.143. The molecule has 122 valence electrons. The highest BCUT2D eigenvalue weighted by Gasteiger charge is 2.16. The van der Waals surface area contributed by atoms with E-state index >= 15 is 0 Å². The molecule has 0 aliphatic rings. The number of rotatable bonds is 4. The molecule has 0 spiro atoms. The Balaban J connectivity index is 1.58. The van der Waals surface area contributed by atoms with E-state index in [1.165, 1.54) is 11.3 Å². The summed E-state index contributed by atoms with van der Waals surface area (Å²) in [5.74, 6) is 1.76. The van der Waals surface area contributed by atoms with Gasteiger partial charge in [0.25, 0.3) is 0 Å². The van der Waals surface area contributed by atoms with E-state index in [9.17, 15) is 0 Å². The first-order valence-corrected chi connectivity index (χ1v) is 8.40. The normalized spacial score (nSPS) is 11.3. The molecule has 0 saturated carbocycles. The maximum Gasteiger partial charge on any atom is 0.235 e. The summed E-state index contributed by atoms with van der Waals surface area (Å²) in [6.07, 6.45) is 0. The zero-order chi connectivity index (χ0) is 16.7. The van der Waals surface area contributed by atoms with E-state index in [1.54, 1.807) is 28.8 Å². The largest absolute Gasteiger partial charge is 0.485 e. The summed E-state index contributed by atoms with van der Waals surface area (Å²) in [6.45, 7) is 2.07. The van der Waals surface area contributed by atoms with Crippen LogP contribution in [-0.2, 0) is 6.61 Å². The van der Waals surface area contributed by atoms with Gasteiger partial charge in [-0.2, -0.15) is 9.61 Å². The van der Waals surface area contributed by atoms with Crippen molar-refractivity contribution in [1.29, 1.82) is 0 Å². The summed E-state index contributed by atoms with van der Waals surface area (Å²) in [5.41, 5.74) is 0.582. The minimum Gasteiger partial charge on any atom is -0.485 e. The lowest BCUT2D eigenvalue weighted by Gasteiger charge is -2.05. The van der Waals surface area contributed by atoms with Crippen molar-refractivity contribution in [3.05, 3.63) is 45.1 Å². The highest BCUT2D eigenvalue weighted by Crippen LogP contribution is 2.29. The van der Waals surface area contributed by atoms with Crippen LogP contribution in [0.4, 0.5) is 0 Å². The second-order valence-corrected chi connectivity index (χ2v) is 6.78. The second kappa shape index (κ2) is 6.04. The third-order valence-corrected chi connectivity index (χ3v) is 4.54. The van der Waals surface area contributed by atoms with Gasteiger partial charge in [0, 0.05) is 11.1 Å². The molecule has 3 heterocycles. The number of aromatic nitrogens is 5. The van der Waals surface area contributed by atoms with Crippen molar-refractivity contribution >= 4 is 39.5 Å². The summed E-state index contributed by atoms with van der Waals surface area (Å²) >= 11 is 13.3. The first kappa shape index (κ1) is 15.4. The number of nitrogens with zero attached hydrogens (tertiary/aromatic N) is 5. The average molecular weight is 382 g/mol. The Hall–Kier alpha value is -2.16. The summed E-state index contributed by atoms with van der Waals surface area (Å²) in [7, 11) is 0. The molecule has 0 fully saturated rings. The van der Waals surface area contributed by atoms with Gasteiger partial charge in [-0.25, -0.2) is 0 Å². The van der Waals surface area contributed by atoms with E-state index in [4.69, 9.17) is 32.5 Å². The number of fused-ring (bicyclic) bond motifs is 1. The van der Waals surface area contributed by atoms with Gasteiger partial charge in [0.2, 0.25) is 10.8 Å². The fourth-order valence-corrected chi connectivity index (χ4v) is 3.29. The van der Waals surface area contributed by atoms with Crippen molar-refractivity contribution in [3.63, 3.8) is 0 Å². The van der Waals surface area contributed by atoms with E-state index in [1.807, 2.05) is 6.92 Å². The summed E-state index contributed by atoms with van der Waals surface area (Å²) in [5, 5.41) is 18.3. The van der Waals surface area contributed by atoms with Crippen molar-refractivity contribution < 1.29 is 9.26 Å². The molecule has 7 nitrogen and oxygen atoms in total. The van der Waals surface area contributed by atoms with Gasteiger partial charge in [-0.1, -0.05) is 39.7 Å². The molecule has 0 aliphatic heterocycles. The number of benzene rings is 1. The predicted molar refractivity (Wildman–Crippen MR) is 89.7 cm³/mol. The van der Waals surface area contributed by atoms with Crippen molar-refractivity contribution in [2.24, 2.45) is 0 Å². The third kappa shape index (κ3) is 2.83. The quantitative estimate of drug-likeness (QED) is 0.530. The molecule has 0 radical (unpaired) electrons. The molecule has 0 amide bonds. The standard InChI is InChI=1S/C14H9Cl2N5O2S/c1-7-4-10(20-23-7)13-17-18-14-21(13)19-12(24-14)6-22-11-3-2-8(15)5-9(11)16/h2-5H,6H2,1H3. The van der Waals surface area contributed by atoms with E-state index in [-0.39, 0.29) is 6.61 Å². The van der Waals surface area contributed by atoms with Gasteiger partial charge in [-0.05, 0) is 25.1 Å². The molecule has 24 heavy (non-hydrogen) atoms. The molecule has 4 rings (SSSR count). The molecular formula is C14H9Cl2N5O2S. The fourth-order valence-electron chi connectivity index (χ4n) is 2.08. The topological polar surface area (TPSA) is 78.3 Å². The van der Waals surface area contributed by atoms with Crippen molar-refractivity contribution in [2.45, 2.75) is 13.5 Å². The van der Waals surface area contributed by atoms with Crippen molar-refractivity contribution in [1.82, 2.24) is 25.0 Å². The molecule has 0 bridgehead atoms. The molecule has 0 aliphatic carbocycles. The lowest BCUT2D eigenvalue weighted by Crippen LogP contribution is -1.98. The Morgan fingerprint density at radius 3 is 2.88 bits per heavy atom. The monoisotopic (exact) mass is 381 g/mol. The minimum atomic E-state index is 0.257. The van der Waals surface area contributed by atoms with Crippen LogP contribution in [0, 0.1) is 6.92 Å². The Morgan fingerprint density at radius 2 is 2.12 bits per heavy atom. The van der Waals surface area contributed by atoms with E-state index < -0.39 is 0 Å². The summed E-state index contributed by atoms with van der Waals surface area (Å²) < 4.78 is 12.4. The van der Waals surface area contributed by atoms with Crippen molar-refractivity contribution in [3.8, 4) is 17.3 Å². The SMILES string of the molecule is Cc1cc(-c2nnc3sc(COc4ccc(Cl)cc4Cl)nn23)no1. The minimum absolute atomic E-state index is 0.257. The van der Waals surface area contributed by atoms with Crippen LogP contribution < -0.4 is 4.74 Å². The molecule has 4 aromatic rings. The molecule has 1 aromatic carbocycles. The number of hydrogen-bond acceptors (Lipinski definition) is 7. The number of halogens is 2. The second-order valence-electron chi connectivity index (χ2n) is 4.90. The summed E-state index contributed by atoms with van der Waals surface area (Å²) in [4.78, 5) is 0.645. The van der Waals surface area contributed by atoms with Crippen LogP contribution in [0.1, 0.15) is 10.8 Å². The molecular weight excluding hydrogens is 373 g/mol. The first-order chi connectivity index (χ1) is 11.6. The van der Waals surface area contributed by atoms with Crippen LogP contribution in [0.2, 0.25) is 10.0 Å². The Kier molecular flexibility index (Phi) is 3.87. The van der Waals surface area contributed by atoms with Crippen LogP contribution in [0.25, 0.3) is 16.5 Å². The maximum atomic E-state index is 6.09. The number of hydrogen-bond donors (Lipinski definition) is 0. The van der Waals surface area contributed by atoms with E-state index in [2.05, 4.69) is 20.5 Å². The van der Waals surface area contributed by atoms with Crippen molar-refractivity contribution in [2.75, 3.05) is 0 Å². The first-order valence-electron chi connectivity index (χ1n) is 6.83. The van der Waals surface area contributed by atoms with E-state index in [0.29, 0.717) is 38.0 Å². The van der Waals surface area contributed by atoms with Gasteiger partial charge in [-0.15, -0.1) is 10.2 Å². The molecule has 3 aromatic heterocycles. The molecule has 10 heteroatoms. The van der Waals surface area contributed by atoms with Gasteiger partial charge in [0.15, 0.2) is 10.7 Å². The maximum absolute atomic E-state index is 6.09. The molecule has 0 atom stereocenters.